The summed E-state index contributed by atoms with van der Waals surface area (Å²) < 4.78 is 21.8. The highest BCUT2D eigenvalue weighted by atomic mass is 127. The summed E-state index contributed by atoms with van der Waals surface area (Å²) in [5.74, 6) is 1.74. The molecule has 10 nitrogen and oxygen atoms in total. The smallest absolute Gasteiger partial charge is 0.223 e. The fraction of sp³-hybridized carbons (Fsp3) is 0.192. The molecule has 0 amide bonds. The first-order chi connectivity index (χ1) is 18.4. The number of rotatable bonds is 4. The number of H-pyrrole nitrogens is 2. The molecule has 2 atom stereocenters. The maximum atomic E-state index is 13.5. The van der Waals surface area contributed by atoms with Crippen LogP contribution in [0.3, 0.4) is 0 Å². The van der Waals surface area contributed by atoms with E-state index in [2.05, 4.69) is 76.5 Å². The fourth-order valence-electron chi connectivity index (χ4n) is 5.27. The minimum Gasteiger partial charge on any atom is -0.356 e. The van der Waals surface area contributed by atoms with E-state index in [4.69, 9.17) is 9.51 Å². The summed E-state index contributed by atoms with van der Waals surface area (Å²) in [7, 11) is 1.87. The summed E-state index contributed by atoms with van der Waals surface area (Å²) in [6.45, 7) is 1.77. The lowest BCUT2D eigenvalue weighted by Crippen LogP contribution is -2.51. The van der Waals surface area contributed by atoms with Crippen molar-refractivity contribution in [1.82, 2.24) is 45.4 Å². The SMILES string of the molecule is Cc1nc(C2(c3cnn(C)c3)N[C@@H](c3nc(-c4ccc(F)cc4)n[nH]3)Cc3c2[nH]c2cc(I)ccc32)no1. The lowest BCUT2D eigenvalue weighted by atomic mass is 9.79. The lowest BCUT2D eigenvalue weighted by molar-refractivity contribution is 0.317. The Balaban J connectivity index is 1.45. The summed E-state index contributed by atoms with van der Waals surface area (Å²) >= 11 is 2.32. The fourth-order valence-corrected chi connectivity index (χ4v) is 5.76. The molecule has 0 spiro atoms. The standard InChI is InChI=1S/C26H21FIN9O/c1-13-30-25(36-38-13)26(15-11-29-37(2)12-15)22-19(18-8-7-17(28)9-20(18)31-22)10-21(33-26)24-32-23(34-35-24)14-3-5-16(27)6-4-14/h3-9,11-12,21,31,33H,10H2,1-2H3,(H,32,34,35)/t21-,26?/m1/s1. The van der Waals surface area contributed by atoms with Gasteiger partial charge in [-0.1, -0.05) is 11.2 Å². The van der Waals surface area contributed by atoms with Crippen molar-refractivity contribution in [2.24, 2.45) is 7.05 Å². The molecule has 1 unspecified atom stereocenters. The molecule has 4 aromatic heterocycles. The first kappa shape index (κ1) is 23.2. The molecule has 1 aliphatic heterocycles. The molecule has 6 aromatic rings. The number of aryl methyl sites for hydroxylation is 2. The molecule has 3 N–H and O–H groups in total. The van der Waals surface area contributed by atoms with Gasteiger partial charge in [0.15, 0.2) is 11.4 Å². The summed E-state index contributed by atoms with van der Waals surface area (Å²) in [4.78, 5) is 13.2. The second-order valence-corrected chi connectivity index (χ2v) is 10.7. The average Bonchev–Trinajstić information content (AvgIpc) is 3.70. The topological polar surface area (TPSA) is 126 Å². The van der Waals surface area contributed by atoms with Crippen LogP contribution in [0.1, 0.15) is 40.4 Å². The number of nitrogens with one attached hydrogen (secondary N) is 3. The Labute approximate surface area is 229 Å². The molecule has 38 heavy (non-hydrogen) atoms. The van der Waals surface area contributed by atoms with E-state index in [9.17, 15) is 4.39 Å². The summed E-state index contributed by atoms with van der Waals surface area (Å²) in [6, 6.07) is 12.2. The molecule has 190 valence electrons. The third-order valence-corrected chi connectivity index (χ3v) is 7.65. The number of hydrogen-bond donors (Lipinski definition) is 3. The lowest BCUT2D eigenvalue weighted by Gasteiger charge is -2.39. The summed E-state index contributed by atoms with van der Waals surface area (Å²) in [6.07, 6.45) is 4.39. The first-order valence-electron chi connectivity index (χ1n) is 12.0. The van der Waals surface area contributed by atoms with E-state index >= 15 is 0 Å². The zero-order valence-corrected chi connectivity index (χ0v) is 22.5. The van der Waals surface area contributed by atoms with Crippen LogP contribution in [0.25, 0.3) is 22.3 Å². The van der Waals surface area contributed by atoms with Crippen LogP contribution in [0, 0.1) is 16.3 Å². The van der Waals surface area contributed by atoms with Gasteiger partial charge in [0.05, 0.1) is 17.9 Å². The maximum absolute atomic E-state index is 13.5. The van der Waals surface area contributed by atoms with Crippen molar-refractivity contribution >= 4 is 33.5 Å². The highest BCUT2D eigenvalue weighted by Crippen LogP contribution is 2.45. The van der Waals surface area contributed by atoms with Gasteiger partial charge in [0.25, 0.3) is 0 Å². The van der Waals surface area contributed by atoms with Crippen LogP contribution in [-0.4, -0.2) is 40.1 Å². The van der Waals surface area contributed by atoms with Gasteiger partial charge in [-0.3, -0.25) is 15.1 Å². The molecule has 0 fully saturated rings. The number of nitrogens with zero attached hydrogens (tertiary/aromatic N) is 6. The van der Waals surface area contributed by atoms with Crippen molar-refractivity contribution in [3.8, 4) is 11.4 Å². The van der Waals surface area contributed by atoms with Gasteiger partial charge in [0.2, 0.25) is 11.7 Å². The first-order valence-corrected chi connectivity index (χ1v) is 13.0. The molecule has 0 saturated heterocycles. The number of halogens is 2. The third-order valence-electron chi connectivity index (χ3n) is 6.98. The summed E-state index contributed by atoms with van der Waals surface area (Å²) in [5, 5.41) is 21.3. The Bertz CT molecular complexity index is 1760. The zero-order chi connectivity index (χ0) is 26.0. The van der Waals surface area contributed by atoms with E-state index in [1.807, 2.05) is 19.4 Å². The monoisotopic (exact) mass is 621 g/mol. The van der Waals surface area contributed by atoms with Crippen molar-refractivity contribution < 1.29 is 8.91 Å². The Morgan fingerprint density at radius 2 is 2.00 bits per heavy atom. The van der Waals surface area contributed by atoms with Gasteiger partial charge in [-0.15, -0.1) is 0 Å². The second-order valence-electron chi connectivity index (χ2n) is 9.41. The van der Waals surface area contributed by atoms with E-state index in [-0.39, 0.29) is 11.9 Å². The number of aromatic nitrogens is 8. The van der Waals surface area contributed by atoms with Crippen LogP contribution in [0.5, 0.6) is 0 Å². The number of hydrogen-bond acceptors (Lipinski definition) is 7. The normalized spacial score (nSPS) is 19.2. The predicted molar refractivity (Wildman–Crippen MR) is 144 cm³/mol. The maximum Gasteiger partial charge on any atom is 0.223 e. The zero-order valence-electron chi connectivity index (χ0n) is 20.3. The Kier molecular flexibility index (Phi) is 5.23. The van der Waals surface area contributed by atoms with Crippen molar-refractivity contribution in [2.75, 3.05) is 0 Å². The highest BCUT2D eigenvalue weighted by molar-refractivity contribution is 14.1. The van der Waals surface area contributed by atoms with Crippen LogP contribution in [0.4, 0.5) is 4.39 Å². The average molecular weight is 621 g/mol. The molecule has 0 bridgehead atoms. The molecule has 0 radical (unpaired) electrons. The van der Waals surface area contributed by atoms with Crippen molar-refractivity contribution in [3.05, 3.63) is 98.6 Å². The van der Waals surface area contributed by atoms with Gasteiger partial charge in [-0.2, -0.15) is 15.2 Å². The van der Waals surface area contributed by atoms with Crippen molar-refractivity contribution in [2.45, 2.75) is 24.9 Å². The van der Waals surface area contributed by atoms with Gasteiger partial charge < -0.3 is 9.51 Å². The van der Waals surface area contributed by atoms with E-state index in [1.54, 1.807) is 23.7 Å². The van der Waals surface area contributed by atoms with Crippen LogP contribution < -0.4 is 5.32 Å². The molecule has 7 rings (SSSR count). The van der Waals surface area contributed by atoms with Gasteiger partial charge in [-0.25, -0.2) is 9.37 Å². The van der Waals surface area contributed by atoms with E-state index < -0.39 is 5.54 Å². The molecule has 0 aliphatic carbocycles. The van der Waals surface area contributed by atoms with Crippen molar-refractivity contribution in [3.63, 3.8) is 0 Å². The van der Waals surface area contributed by atoms with Gasteiger partial charge in [0, 0.05) is 45.8 Å². The minimum absolute atomic E-state index is 0.290. The molecular formula is C26H21FIN9O. The molecule has 1 aliphatic rings. The quantitative estimate of drug-likeness (QED) is 0.251. The minimum atomic E-state index is -1.00. The Hall–Kier alpha value is -3.91. The van der Waals surface area contributed by atoms with Gasteiger partial charge in [0.1, 0.15) is 11.6 Å². The number of benzene rings is 2. The van der Waals surface area contributed by atoms with Crippen LogP contribution in [-0.2, 0) is 19.0 Å². The molecule has 0 saturated carbocycles. The van der Waals surface area contributed by atoms with Gasteiger partial charge in [-0.05, 0) is 71.0 Å². The van der Waals surface area contributed by atoms with E-state index in [0.29, 0.717) is 29.8 Å². The van der Waals surface area contributed by atoms with Crippen molar-refractivity contribution in [1.29, 1.82) is 0 Å². The van der Waals surface area contributed by atoms with Crippen LogP contribution in [0.15, 0.2) is 59.4 Å². The van der Waals surface area contributed by atoms with E-state index in [0.717, 1.165) is 36.9 Å². The largest absolute Gasteiger partial charge is 0.356 e. The molecule has 12 heteroatoms. The summed E-state index contributed by atoms with van der Waals surface area (Å²) in [5.41, 5.74) is 3.63. The number of fused-ring (bicyclic) bond motifs is 3. The molecule has 5 heterocycles. The van der Waals surface area contributed by atoms with Gasteiger partial charge >= 0.3 is 0 Å². The van der Waals surface area contributed by atoms with E-state index in [1.165, 1.54) is 12.1 Å². The van der Waals surface area contributed by atoms with Crippen LogP contribution in [0.2, 0.25) is 0 Å². The third kappa shape index (κ3) is 3.58. The molecular weight excluding hydrogens is 600 g/mol. The Morgan fingerprint density at radius 3 is 2.74 bits per heavy atom. The van der Waals surface area contributed by atoms with Crippen LogP contribution >= 0.6 is 22.6 Å². The molecule has 2 aromatic carbocycles. The highest BCUT2D eigenvalue weighted by Gasteiger charge is 2.50. The number of aromatic amines is 2. The second kappa shape index (κ2) is 8.56. The predicted octanol–water partition coefficient (Wildman–Crippen LogP) is 4.30. The Morgan fingerprint density at radius 1 is 1.16 bits per heavy atom.